The summed E-state index contributed by atoms with van der Waals surface area (Å²) in [6.45, 7) is 3.82. The highest BCUT2D eigenvalue weighted by Crippen LogP contribution is 2.25. The average Bonchev–Trinajstić information content (AvgIpc) is 2.41. The van der Waals surface area contributed by atoms with E-state index in [4.69, 9.17) is 0 Å². The first kappa shape index (κ1) is 13.1. The van der Waals surface area contributed by atoms with Gasteiger partial charge in [-0.3, -0.25) is 5.43 Å². The van der Waals surface area contributed by atoms with Gasteiger partial charge in [0, 0.05) is 5.71 Å². The fraction of sp³-hybridized carbons (Fsp3) is 0.533. The molecule has 0 aromatic heterocycles. The number of nitrogens with one attached hydrogen (secondary N) is 1. The summed E-state index contributed by atoms with van der Waals surface area (Å²) in [7, 11) is 0. The van der Waals surface area contributed by atoms with Crippen LogP contribution in [0.1, 0.15) is 44.6 Å². The summed E-state index contributed by atoms with van der Waals surface area (Å²) in [5, 5.41) is 4.39. The maximum absolute atomic E-state index is 13.4. The van der Waals surface area contributed by atoms with Crippen LogP contribution < -0.4 is 5.43 Å². The number of benzene rings is 1. The molecule has 0 amide bonds. The summed E-state index contributed by atoms with van der Waals surface area (Å²) in [5.74, 6) is 0.409. The van der Waals surface area contributed by atoms with Crippen molar-refractivity contribution in [1.29, 1.82) is 0 Å². The van der Waals surface area contributed by atoms with Crippen molar-refractivity contribution in [1.82, 2.24) is 0 Å². The summed E-state index contributed by atoms with van der Waals surface area (Å²) in [6.07, 6.45) is 6.42. The largest absolute Gasteiger partial charge is 0.278 e. The van der Waals surface area contributed by atoms with Gasteiger partial charge in [-0.05, 0) is 50.3 Å². The van der Waals surface area contributed by atoms with E-state index in [-0.39, 0.29) is 5.82 Å². The molecule has 1 aromatic carbocycles. The van der Waals surface area contributed by atoms with E-state index in [1.807, 2.05) is 6.07 Å². The first-order valence-corrected chi connectivity index (χ1v) is 6.73. The molecule has 18 heavy (non-hydrogen) atoms. The van der Waals surface area contributed by atoms with Gasteiger partial charge in [0.1, 0.15) is 5.82 Å². The lowest BCUT2D eigenvalue weighted by molar-refractivity contribution is 0.438. The van der Waals surface area contributed by atoms with Crippen molar-refractivity contribution in [2.24, 2.45) is 11.0 Å². The molecule has 2 rings (SSSR count). The van der Waals surface area contributed by atoms with Gasteiger partial charge in [0.2, 0.25) is 0 Å². The quantitative estimate of drug-likeness (QED) is 0.618. The van der Waals surface area contributed by atoms with Gasteiger partial charge in [-0.2, -0.15) is 5.10 Å². The van der Waals surface area contributed by atoms with Crippen LogP contribution in [-0.2, 0) is 0 Å². The first-order chi connectivity index (χ1) is 8.66. The first-order valence-electron chi connectivity index (χ1n) is 6.73. The number of hydrazone groups is 1. The van der Waals surface area contributed by atoms with E-state index in [9.17, 15) is 4.39 Å². The Bertz CT molecular complexity index is 434. The standard InChI is InChI=1S/C15H21FN2/c1-11-8-9-14(10-15(11)16)18-17-12(2)13-6-4-3-5-7-13/h8-10,13,18H,3-7H2,1-2H3/b17-12+. The molecule has 1 N–H and O–H groups in total. The third-order valence-corrected chi connectivity index (χ3v) is 3.73. The number of rotatable bonds is 3. The Morgan fingerprint density at radius 1 is 1.28 bits per heavy atom. The molecule has 0 spiro atoms. The molecule has 1 aromatic rings. The molecular formula is C15H21FN2. The fourth-order valence-corrected chi connectivity index (χ4v) is 2.43. The monoisotopic (exact) mass is 248 g/mol. The second-order valence-corrected chi connectivity index (χ2v) is 5.16. The topological polar surface area (TPSA) is 24.4 Å². The second kappa shape index (κ2) is 5.98. The second-order valence-electron chi connectivity index (χ2n) is 5.16. The SMILES string of the molecule is C/C(=N\Nc1ccc(C)c(F)c1)C1CCCCC1. The summed E-state index contributed by atoms with van der Waals surface area (Å²) < 4.78 is 13.4. The van der Waals surface area contributed by atoms with E-state index in [1.165, 1.54) is 38.2 Å². The summed E-state index contributed by atoms with van der Waals surface area (Å²) in [5.41, 5.74) is 5.47. The molecular weight excluding hydrogens is 227 g/mol. The minimum atomic E-state index is -0.189. The smallest absolute Gasteiger partial charge is 0.128 e. The third kappa shape index (κ3) is 3.31. The van der Waals surface area contributed by atoms with Crippen LogP contribution in [0.5, 0.6) is 0 Å². The van der Waals surface area contributed by atoms with Gasteiger partial charge in [0.05, 0.1) is 5.69 Å². The highest BCUT2D eigenvalue weighted by molar-refractivity contribution is 5.85. The number of hydrogen-bond donors (Lipinski definition) is 1. The summed E-state index contributed by atoms with van der Waals surface area (Å²) >= 11 is 0. The van der Waals surface area contributed by atoms with Gasteiger partial charge in [0.15, 0.2) is 0 Å². The fourth-order valence-electron chi connectivity index (χ4n) is 2.43. The Kier molecular flexibility index (Phi) is 4.34. The number of nitrogens with zero attached hydrogens (tertiary/aromatic N) is 1. The molecule has 0 unspecified atom stereocenters. The lowest BCUT2D eigenvalue weighted by atomic mass is 9.86. The van der Waals surface area contributed by atoms with Crippen LogP contribution in [0.2, 0.25) is 0 Å². The van der Waals surface area contributed by atoms with Crippen LogP contribution in [0.25, 0.3) is 0 Å². The van der Waals surface area contributed by atoms with E-state index < -0.39 is 0 Å². The van der Waals surface area contributed by atoms with Crippen molar-refractivity contribution in [3.8, 4) is 0 Å². The van der Waals surface area contributed by atoms with E-state index in [2.05, 4.69) is 17.5 Å². The Morgan fingerprint density at radius 2 is 2.00 bits per heavy atom. The van der Waals surface area contributed by atoms with Crippen LogP contribution in [-0.4, -0.2) is 5.71 Å². The van der Waals surface area contributed by atoms with Crippen molar-refractivity contribution in [2.75, 3.05) is 5.43 Å². The molecule has 1 fully saturated rings. The van der Waals surface area contributed by atoms with Crippen LogP contribution in [0.15, 0.2) is 23.3 Å². The molecule has 2 nitrogen and oxygen atoms in total. The molecule has 0 radical (unpaired) electrons. The zero-order chi connectivity index (χ0) is 13.0. The van der Waals surface area contributed by atoms with Gasteiger partial charge in [-0.1, -0.05) is 25.3 Å². The molecule has 98 valence electrons. The van der Waals surface area contributed by atoms with Crippen LogP contribution in [0.4, 0.5) is 10.1 Å². The van der Waals surface area contributed by atoms with Gasteiger partial charge >= 0.3 is 0 Å². The molecule has 0 saturated heterocycles. The Hall–Kier alpha value is -1.38. The number of anilines is 1. The molecule has 3 heteroatoms. The minimum Gasteiger partial charge on any atom is -0.278 e. The van der Waals surface area contributed by atoms with Gasteiger partial charge < -0.3 is 0 Å². The van der Waals surface area contributed by atoms with E-state index in [0.717, 1.165) is 5.71 Å². The molecule has 0 atom stereocenters. The zero-order valence-corrected chi connectivity index (χ0v) is 11.2. The lowest BCUT2D eigenvalue weighted by Gasteiger charge is -2.21. The van der Waals surface area contributed by atoms with Crippen molar-refractivity contribution in [3.63, 3.8) is 0 Å². The summed E-state index contributed by atoms with van der Waals surface area (Å²) in [4.78, 5) is 0. The molecule has 1 aliphatic carbocycles. The average molecular weight is 248 g/mol. The molecule has 0 bridgehead atoms. The van der Waals surface area contributed by atoms with Crippen molar-refractivity contribution >= 4 is 11.4 Å². The lowest BCUT2D eigenvalue weighted by Crippen LogP contribution is -2.16. The molecule has 1 saturated carbocycles. The maximum atomic E-state index is 13.4. The Morgan fingerprint density at radius 3 is 2.67 bits per heavy atom. The Labute approximate surface area is 108 Å². The van der Waals surface area contributed by atoms with Gasteiger partial charge in [-0.25, -0.2) is 4.39 Å². The van der Waals surface area contributed by atoms with E-state index in [0.29, 0.717) is 17.2 Å². The normalized spacial score (nSPS) is 17.8. The number of hydrogen-bond acceptors (Lipinski definition) is 2. The molecule has 0 aliphatic heterocycles. The maximum Gasteiger partial charge on any atom is 0.128 e. The third-order valence-electron chi connectivity index (χ3n) is 3.73. The van der Waals surface area contributed by atoms with Gasteiger partial charge in [0.25, 0.3) is 0 Å². The molecule has 0 heterocycles. The van der Waals surface area contributed by atoms with Crippen molar-refractivity contribution < 1.29 is 4.39 Å². The van der Waals surface area contributed by atoms with E-state index >= 15 is 0 Å². The van der Waals surface area contributed by atoms with Crippen molar-refractivity contribution in [2.45, 2.75) is 46.0 Å². The summed E-state index contributed by atoms with van der Waals surface area (Å²) in [6, 6.07) is 5.12. The zero-order valence-electron chi connectivity index (χ0n) is 11.2. The molecule has 1 aliphatic rings. The van der Waals surface area contributed by atoms with Gasteiger partial charge in [-0.15, -0.1) is 0 Å². The minimum absolute atomic E-state index is 0.189. The van der Waals surface area contributed by atoms with E-state index in [1.54, 1.807) is 13.0 Å². The predicted molar refractivity (Wildman–Crippen MR) is 74.4 cm³/mol. The highest BCUT2D eigenvalue weighted by Gasteiger charge is 2.15. The predicted octanol–water partition coefficient (Wildman–Crippen LogP) is 4.50. The van der Waals surface area contributed by atoms with Crippen molar-refractivity contribution in [3.05, 3.63) is 29.6 Å². The number of aryl methyl sites for hydroxylation is 1. The Balaban J connectivity index is 1.98. The van der Waals surface area contributed by atoms with Crippen LogP contribution in [0, 0.1) is 18.7 Å². The van der Waals surface area contributed by atoms with Crippen LogP contribution in [0.3, 0.4) is 0 Å². The number of halogens is 1. The van der Waals surface area contributed by atoms with Crippen LogP contribution >= 0.6 is 0 Å². The highest BCUT2D eigenvalue weighted by atomic mass is 19.1.